The topological polar surface area (TPSA) is 62.9 Å². The van der Waals surface area contributed by atoms with E-state index in [1.165, 1.54) is 22.1 Å². The van der Waals surface area contributed by atoms with Gasteiger partial charge in [-0.1, -0.05) is 146 Å². The monoisotopic (exact) mass is 647 g/mol. The van der Waals surface area contributed by atoms with Crippen LogP contribution in [0.4, 0.5) is 5.69 Å². The Labute approximate surface area is 290 Å². The van der Waals surface area contributed by atoms with Crippen LogP contribution in [-0.2, 0) is 6.42 Å². The average Bonchev–Trinajstić information content (AvgIpc) is 3.77. The van der Waals surface area contributed by atoms with Gasteiger partial charge in [-0.3, -0.25) is 4.57 Å². The van der Waals surface area contributed by atoms with E-state index < -0.39 is 6.17 Å². The van der Waals surface area contributed by atoms with Gasteiger partial charge in [-0.15, -0.1) is 0 Å². The van der Waals surface area contributed by atoms with Crippen LogP contribution in [0.3, 0.4) is 0 Å². The summed E-state index contributed by atoms with van der Waals surface area (Å²) in [5.74, 6) is 2.65. The molecular weight excluding hydrogens is 615 g/mol. The van der Waals surface area contributed by atoms with Gasteiger partial charge in [-0.05, 0) is 46.4 Å². The largest absolute Gasteiger partial charge is 0.462 e. The van der Waals surface area contributed by atoms with E-state index in [2.05, 4.69) is 131 Å². The molecule has 6 nitrogen and oxygen atoms in total. The minimum absolute atomic E-state index is 0.289. The fourth-order valence-corrected chi connectivity index (χ4v) is 7.56. The predicted octanol–water partition coefficient (Wildman–Crippen LogP) is 9.45. The summed E-state index contributed by atoms with van der Waals surface area (Å²) in [6.45, 7) is 0. The van der Waals surface area contributed by atoms with E-state index >= 15 is 0 Å². The Hall–Kier alpha value is -6.40. The Bertz CT molecular complexity index is 2420. The van der Waals surface area contributed by atoms with Crippen LogP contribution in [0, 0.1) is 5.92 Å². The first-order valence-electron chi connectivity index (χ1n) is 17.2. The summed E-state index contributed by atoms with van der Waals surface area (Å²) in [4.78, 5) is 10.5. The van der Waals surface area contributed by atoms with Crippen LogP contribution in [0.15, 0.2) is 167 Å². The molecule has 2 aliphatic heterocycles. The van der Waals surface area contributed by atoms with Gasteiger partial charge in [0.15, 0.2) is 18.1 Å². The molecule has 50 heavy (non-hydrogen) atoms. The third-order valence-electron chi connectivity index (χ3n) is 10.1. The Morgan fingerprint density at radius 1 is 0.680 bits per heavy atom. The van der Waals surface area contributed by atoms with Crippen molar-refractivity contribution < 1.29 is 4.74 Å². The molecule has 4 aliphatic rings. The molecule has 3 heterocycles. The summed E-state index contributed by atoms with van der Waals surface area (Å²) in [7, 11) is 0. The number of nitrogens with zero attached hydrogens (tertiary/aromatic N) is 3. The molecule has 3 unspecified atom stereocenters. The zero-order chi connectivity index (χ0) is 33.0. The highest BCUT2D eigenvalue weighted by Crippen LogP contribution is 2.48. The summed E-state index contributed by atoms with van der Waals surface area (Å²) in [5.41, 5.74) is 11.1. The van der Waals surface area contributed by atoms with Crippen LogP contribution in [0.2, 0.25) is 0 Å². The van der Waals surface area contributed by atoms with Crippen molar-refractivity contribution >= 4 is 34.5 Å². The number of fused-ring (bicyclic) bond motifs is 6. The molecule has 3 atom stereocenters. The molecule has 0 amide bonds. The van der Waals surface area contributed by atoms with Gasteiger partial charge in [-0.25, -0.2) is 9.98 Å². The average molecular weight is 648 g/mol. The lowest BCUT2D eigenvalue weighted by Crippen LogP contribution is -2.40. The molecule has 1 aromatic heterocycles. The maximum atomic E-state index is 6.82. The first-order chi connectivity index (χ1) is 24.8. The molecule has 0 radical (unpaired) electrons. The van der Waals surface area contributed by atoms with Crippen LogP contribution < -0.4 is 15.4 Å². The Kier molecular flexibility index (Phi) is 6.65. The molecule has 2 N–H and O–H groups in total. The molecule has 0 saturated carbocycles. The lowest BCUT2D eigenvalue weighted by Gasteiger charge is -2.26. The van der Waals surface area contributed by atoms with Crippen molar-refractivity contribution in [2.24, 2.45) is 15.9 Å². The summed E-state index contributed by atoms with van der Waals surface area (Å²) in [6, 6.07) is 44.1. The van der Waals surface area contributed by atoms with Crippen LogP contribution in [0.25, 0.3) is 28.1 Å². The van der Waals surface area contributed by atoms with Crippen molar-refractivity contribution in [3.63, 3.8) is 0 Å². The van der Waals surface area contributed by atoms with Gasteiger partial charge in [0.05, 0.1) is 11.4 Å². The Balaban J connectivity index is 1.15. The zero-order valence-electron chi connectivity index (χ0n) is 27.2. The van der Waals surface area contributed by atoms with Crippen LogP contribution in [-0.4, -0.2) is 16.4 Å². The normalized spacial score (nSPS) is 20.0. The molecule has 5 aromatic carbocycles. The number of benzene rings is 5. The summed E-state index contributed by atoms with van der Waals surface area (Å²) in [6.07, 6.45) is 11.3. The molecule has 6 aromatic rings. The van der Waals surface area contributed by atoms with Crippen molar-refractivity contribution in [3.8, 4) is 16.9 Å². The highest BCUT2D eigenvalue weighted by molar-refractivity contribution is 6.14. The fraction of sp³-hybridized carbons (Fsp3) is 0.0909. The third kappa shape index (κ3) is 4.79. The molecule has 240 valence electrons. The summed E-state index contributed by atoms with van der Waals surface area (Å²) >= 11 is 0. The number of aliphatic imine (C=N–C) groups is 2. The summed E-state index contributed by atoms with van der Waals surface area (Å²) in [5, 5.41) is 8.51. The van der Waals surface area contributed by atoms with E-state index in [0.29, 0.717) is 11.9 Å². The SMILES string of the molecule is C1=CC2=Cc3c(c4ccc5c(c4n3C3=NC(c4ccccc4)N=C(c4ccc(-c6ccccc6)cc4)N3)OC(c3ccccc3)N5)CC2C=C1. The van der Waals surface area contributed by atoms with E-state index in [0.717, 1.165) is 57.2 Å². The number of rotatable bonds is 4. The zero-order valence-corrected chi connectivity index (χ0v) is 27.2. The second-order valence-electron chi connectivity index (χ2n) is 13.1. The lowest BCUT2D eigenvalue weighted by molar-refractivity contribution is 0.262. The second-order valence-corrected chi connectivity index (χ2v) is 13.1. The number of hydrogen-bond acceptors (Lipinski definition) is 5. The van der Waals surface area contributed by atoms with Gasteiger partial charge in [0.2, 0.25) is 5.96 Å². The number of anilines is 1. The smallest absolute Gasteiger partial charge is 0.211 e. The van der Waals surface area contributed by atoms with Crippen molar-refractivity contribution in [2.45, 2.75) is 18.8 Å². The lowest BCUT2D eigenvalue weighted by atomic mass is 9.83. The van der Waals surface area contributed by atoms with Gasteiger partial charge in [0.25, 0.3) is 0 Å². The van der Waals surface area contributed by atoms with Crippen molar-refractivity contribution in [2.75, 3.05) is 5.32 Å². The van der Waals surface area contributed by atoms with E-state index in [4.69, 9.17) is 14.7 Å². The van der Waals surface area contributed by atoms with Crippen molar-refractivity contribution in [1.82, 2.24) is 9.88 Å². The van der Waals surface area contributed by atoms with Gasteiger partial charge in [-0.2, -0.15) is 0 Å². The number of amidine groups is 1. The quantitative estimate of drug-likeness (QED) is 0.200. The first kappa shape index (κ1) is 28.6. The second kappa shape index (κ2) is 11.6. The number of nitrogens with one attached hydrogen (secondary N) is 2. The molecule has 10 rings (SSSR count). The Morgan fingerprint density at radius 2 is 1.38 bits per heavy atom. The molecule has 0 spiro atoms. The fourth-order valence-electron chi connectivity index (χ4n) is 7.56. The van der Waals surface area contributed by atoms with Crippen LogP contribution >= 0.6 is 0 Å². The van der Waals surface area contributed by atoms with Crippen LogP contribution in [0.5, 0.6) is 5.75 Å². The Morgan fingerprint density at radius 3 is 2.16 bits per heavy atom. The molecular formula is C44H33N5O. The maximum absolute atomic E-state index is 6.82. The molecule has 2 aliphatic carbocycles. The standard InChI is InChI=1S/C44H33N5O/c1-4-12-28(13-5-1)29-20-22-31(23-21-29)42-46-41(30-14-6-2-7-15-30)47-44(48-42)49-38-27-34-19-11-10-18-33(34)26-36(38)35-24-25-37-40(39(35)49)50-43(45-37)32-16-8-3-9-17-32/h1-25,27,33,41,43,45H,26H2,(H,46,47,48). The van der Waals surface area contributed by atoms with E-state index in [-0.39, 0.29) is 6.23 Å². The van der Waals surface area contributed by atoms with Gasteiger partial charge in [0, 0.05) is 22.4 Å². The highest BCUT2D eigenvalue weighted by atomic mass is 16.5. The molecule has 0 bridgehead atoms. The van der Waals surface area contributed by atoms with Gasteiger partial charge in [0.1, 0.15) is 11.4 Å². The molecule has 0 saturated heterocycles. The number of ether oxygens (including phenoxy) is 1. The first-order valence-corrected chi connectivity index (χ1v) is 17.2. The van der Waals surface area contributed by atoms with E-state index in [9.17, 15) is 0 Å². The molecule has 0 fully saturated rings. The van der Waals surface area contributed by atoms with Crippen molar-refractivity contribution in [1.29, 1.82) is 0 Å². The van der Waals surface area contributed by atoms with Gasteiger partial charge >= 0.3 is 0 Å². The number of aromatic nitrogens is 1. The van der Waals surface area contributed by atoms with E-state index in [1.54, 1.807) is 0 Å². The number of allylic oxidation sites excluding steroid dienone is 5. The predicted molar refractivity (Wildman–Crippen MR) is 202 cm³/mol. The minimum Gasteiger partial charge on any atom is -0.462 e. The summed E-state index contributed by atoms with van der Waals surface area (Å²) < 4.78 is 9.09. The van der Waals surface area contributed by atoms with Crippen molar-refractivity contribution in [3.05, 3.63) is 185 Å². The third-order valence-corrected chi connectivity index (χ3v) is 10.1. The number of hydrogen-bond donors (Lipinski definition) is 2. The van der Waals surface area contributed by atoms with E-state index in [1.807, 2.05) is 42.5 Å². The maximum Gasteiger partial charge on any atom is 0.211 e. The highest BCUT2D eigenvalue weighted by Gasteiger charge is 2.34. The van der Waals surface area contributed by atoms with Crippen LogP contribution in [0.1, 0.15) is 40.3 Å². The molecule has 6 heteroatoms. The minimum atomic E-state index is -0.432. The van der Waals surface area contributed by atoms with Gasteiger partial charge < -0.3 is 15.4 Å².